The SMILES string of the molecule is c1ccc2c(c1)-c1cccc3c1c-2cc1c3c2cc3ccccc3cc2n1-c1ccc2c(c1)oc1ccccc12. The van der Waals surface area contributed by atoms with Gasteiger partial charge in [-0.15, -0.1) is 0 Å². The predicted molar refractivity (Wildman–Crippen MR) is 168 cm³/mol. The molecule has 0 saturated heterocycles. The lowest BCUT2D eigenvalue weighted by atomic mass is 9.97. The number of hydrogen-bond acceptors (Lipinski definition) is 1. The predicted octanol–water partition coefficient (Wildman–Crippen LogP) is 10.6. The summed E-state index contributed by atoms with van der Waals surface area (Å²) in [5.74, 6) is 0. The fourth-order valence-electron chi connectivity index (χ4n) is 7.19. The Morgan fingerprint density at radius 3 is 2.00 bits per heavy atom. The minimum atomic E-state index is 0.910. The number of nitrogens with zero attached hydrogens (tertiary/aromatic N) is 1. The van der Waals surface area contributed by atoms with Crippen molar-refractivity contribution in [2.45, 2.75) is 0 Å². The van der Waals surface area contributed by atoms with Gasteiger partial charge < -0.3 is 8.98 Å². The summed E-state index contributed by atoms with van der Waals surface area (Å²) in [4.78, 5) is 0. The summed E-state index contributed by atoms with van der Waals surface area (Å²) in [5.41, 5.74) is 10.6. The van der Waals surface area contributed by atoms with Crippen molar-refractivity contribution in [1.82, 2.24) is 4.57 Å². The smallest absolute Gasteiger partial charge is 0.137 e. The van der Waals surface area contributed by atoms with Crippen LogP contribution in [0.25, 0.3) is 93.2 Å². The first-order valence-electron chi connectivity index (χ1n) is 13.8. The minimum absolute atomic E-state index is 0.910. The lowest BCUT2D eigenvalue weighted by molar-refractivity contribution is 0.668. The van der Waals surface area contributed by atoms with E-state index in [1.807, 2.05) is 12.1 Å². The molecule has 0 saturated carbocycles. The molecular formula is C38H21NO. The molecule has 1 aliphatic carbocycles. The van der Waals surface area contributed by atoms with E-state index in [1.54, 1.807) is 0 Å². The molecule has 40 heavy (non-hydrogen) atoms. The molecule has 0 radical (unpaired) electrons. The molecule has 0 fully saturated rings. The van der Waals surface area contributed by atoms with Gasteiger partial charge in [0.2, 0.25) is 0 Å². The summed E-state index contributed by atoms with van der Waals surface area (Å²) in [6, 6.07) is 46.4. The van der Waals surface area contributed by atoms with Crippen LogP contribution in [0.4, 0.5) is 0 Å². The molecule has 0 N–H and O–H groups in total. The number of fused-ring (bicyclic) bond motifs is 11. The number of rotatable bonds is 1. The highest BCUT2D eigenvalue weighted by Crippen LogP contribution is 2.51. The number of aromatic nitrogens is 1. The molecule has 2 aromatic heterocycles. The van der Waals surface area contributed by atoms with Gasteiger partial charge in [-0.1, -0.05) is 84.9 Å². The van der Waals surface area contributed by atoms with Gasteiger partial charge in [0.15, 0.2) is 0 Å². The van der Waals surface area contributed by atoms with E-state index in [0.717, 1.165) is 27.6 Å². The molecule has 184 valence electrons. The summed E-state index contributed by atoms with van der Waals surface area (Å²) in [6.45, 7) is 0. The van der Waals surface area contributed by atoms with Crippen molar-refractivity contribution in [2.24, 2.45) is 0 Å². The Kier molecular flexibility index (Phi) is 3.70. The monoisotopic (exact) mass is 507 g/mol. The van der Waals surface area contributed by atoms with E-state index in [9.17, 15) is 0 Å². The van der Waals surface area contributed by atoms with Gasteiger partial charge in [-0.25, -0.2) is 0 Å². The normalized spacial score (nSPS) is 12.5. The Morgan fingerprint density at radius 1 is 0.400 bits per heavy atom. The number of para-hydroxylation sites is 1. The van der Waals surface area contributed by atoms with Crippen LogP contribution in [0.3, 0.4) is 0 Å². The topological polar surface area (TPSA) is 18.1 Å². The summed E-state index contributed by atoms with van der Waals surface area (Å²) in [6.07, 6.45) is 0. The van der Waals surface area contributed by atoms with E-state index in [4.69, 9.17) is 4.42 Å². The van der Waals surface area contributed by atoms with Gasteiger partial charge in [-0.05, 0) is 80.2 Å². The zero-order valence-corrected chi connectivity index (χ0v) is 21.5. The summed E-state index contributed by atoms with van der Waals surface area (Å²) in [5, 5.41) is 10.0. The molecule has 7 aromatic carbocycles. The van der Waals surface area contributed by atoms with Crippen molar-refractivity contribution in [2.75, 3.05) is 0 Å². The Hall–Kier alpha value is -5.34. The van der Waals surface area contributed by atoms with Gasteiger partial charge in [0.05, 0.1) is 11.0 Å². The molecule has 1 aliphatic rings. The fourth-order valence-corrected chi connectivity index (χ4v) is 7.19. The molecule has 0 unspecified atom stereocenters. The quantitative estimate of drug-likeness (QED) is 0.216. The molecule has 0 atom stereocenters. The molecule has 2 heteroatoms. The van der Waals surface area contributed by atoms with E-state index in [1.165, 1.54) is 65.6 Å². The van der Waals surface area contributed by atoms with E-state index in [0.29, 0.717) is 0 Å². The van der Waals surface area contributed by atoms with Gasteiger partial charge in [-0.2, -0.15) is 0 Å². The number of furan rings is 1. The first kappa shape index (κ1) is 20.6. The highest BCUT2D eigenvalue weighted by atomic mass is 16.3. The van der Waals surface area contributed by atoms with Crippen LogP contribution < -0.4 is 0 Å². The Labute approximate surface area is 229 Å². The second-order valence-corrected chi connectivity index (χ2v) is 10.9. The van der Waals surface area contributed by atoms with Crippen molar-refractivity contribution < 1.29 is 4.42 Å². The van der Waals surface area contributed by atoms with Crippen LogP contribution in [-0.4, -0.2) is 4.57 Å². The molecule has 2 heterocycles. The van der Waals surface area contributed by atoms with Crippen molar-refractivity contribution in [3.63, 3.8) is 0 Å². The zero-order valence-electron chi connectivity index (χ0n) is 21.5. The largest absolute Gasteiger partial charge is 0.456 e. The molecule has 9 aromatic rings. The molecular weight excluding hydrogens is 486 g/mol. The lowest BCUT2D eigenvalue weighted by Crippen LogP contribution is -1.94. The van der Waals surface area contributed by atoms with Crippen molar-refractivity contribution >= 4 is 65.3 Å². The summed E-state index contributed by atoms with van der Waals surface area (Å²) >= 11 is 0. The third kappa shape index (κ3) is 2.49. The minimum Gasteiger partial charge on any atom is -0.456 e. The van der Waals surface area contributed by atoms with E-state index >= 15 is 0 Å². The fraction of sp³-hybridized carbons (Fsp3) is 0. The van der Waals surface area contributed by atoms with Gasteiger partial charge in [0.1, 0.15) is 11.2 Å². The third-order valence-electron chi connectivity index (χ3n) is 8.88. The molecule has 0 bridgehead atoms. The van der Waals surface area contributed by atoms with Gasteiger partial charge in [0, 0.05) is 33.3 Å². The first-order valence-corrected chi connectivity index (χ1v) is 13.8. The van der Waals surface area contributed by atoms with E-state index in [2.05, 4.69) is 120 Å². The molecule has 0 aliphatic heterocycles. The highest BCUT2D eigenvalue weighted by Gasteiger charge is 2.25. The van der Waals surface area contributed by atoms with Crippen LogP contribution in [0.5, 0.6) is 0 Å². The maximum absolute atomic E-state index is 6.34. The van der Waals surface area contributed by atoms with Crippen LogP contribution in [0.15, 0.2) is 132 Å². The van der Waals surface area contributed by atoms with Crippen LogP contribution in [0.1, 0.15) is 0 Å². The van der Waals surface area contributed by atoms with Gasteiger partial charge in [-0.3, -0.25) is 0 Å². The Balaban J connectivity index is 1.41. The average molecular weight is 508 g/mol. The Morgan fingerprint density at radius 2 is 1.10 bits per heavy atom. The third-order valence-corrected chi connectivity index (χ3v) is 8.88. The number of benzene rings is 7. The van der Waals surface area contributed by atoms with Gasteiger partial charge >= 0.3 is 0 Å². The highest BCUT2D eigenvalue weighted by molar-refractivity contribution is 6.30. The number of hydrogen-bond donors (Lipinski definition) is 0. The molecule has 0 amide bonds. The second kappa shape index (κ2) is 7.19. The maximum Gasteiger partial charge on any atom is 0.137 e. The van der Waals surface area contributed by atoms with Crippen LogP contribution >= 0.6 is 0 Å². The van der Waals surface area contributed by atoms with Crippen molar-refractivity contribution in [1.29, 1.82) is 0 Å². The second-order valence-electron chi connectivity index (χ2n) is 10.9. The molecule has 10 rings (SSSR count). The standard InChI is InChI=1S/C38H21NO/c1-2-9-23-19-33-32(18-22(23)8-1)38-30-14-7-13-29-25-10-3-4-11-26(25)31(37(29)30)21-34(38)39(33)24-16-17-28-27-12-5-6-15-35(27)40-36(28)20-24/h1-21H. The Bertz CT molecular complexity index is 2540. The average Bonchev–Trinajstić information content (AvgIpc) is 3.64. The lowest BCUT2D eigenvalue weighted by Gasteiger charge is -2.10. The van der Waals surface area contributed by atoms with Crippen molar-refractivity contribution in [3.8, 4) is 27.9 Å². The zero-order chi connectivity index (χ0) is 25.9. The summed E-state index contributed by atoms with van der Waals surface area (Å²) in [7, 11) is 0. The molecule has 2 nitrogen and oxygen atoms in total. The van der Waals surface area contributed by atoms with Gasteiger partial charge in [0.25, 0.3) is 0 Å². The maximum atomic E-state index is 6.34. The summed E-state index contributed by atoms with van der Waals surface area (Å²) < 4.78 is 8.78. The molecule has 0 spiro atoms. The van der Waals surface area contributed by atoms with E-state index in [-0.39, 0.29) is 0 Å². The van der Waals surface area contributed by atoms with Crippen LogP contribution in [0.2, 0.25) is 0 Å². The first-order chi connectivity index (χ1) is 19.8. The van der Waals surface area contributed by atoms with Crippen molar-refractivity contribution in [3.05, 3.63) is 127 Å². The van der Waals surface area contributed by atoms with E-state index < -0.39 is 0 Å². The van der Waals surface area contributed by atoms with Crippen LogP contribution in [-0.2, 0) is 0 Å². The van der Waals surface area contributed by atoms with Crippen LogP contribution in [0, 0.1) is 0 Å².